The van der Waals surface area contributed by atoms with E-state index in [0.717, 1.165) is 13.0 Å². The largest absolute Gasteiger partial charge is 0.373 e. The SMILES string of the molecule is CC(C)(C)c1cc(C(C)(C)C)n(C2CCOC23CC3)n1. The van der Waals surface area contributed by atoms with Gasteiger partial charge in [0.05, 0.1) is 17.3 Å². The van der Waals surface area contributed by atoms with Crippen molar-refractivity contribution >= 4 is 0 Å². The summed E-state index contributed by atoms with van der Waals surface area (Å²) in [5.74, 6) is 0. The summed E-state index contributed by atoms with van der Waals surface area (Å²) in [4.78, 5) is 0. The number of rotatable bonds is 1. The second-order valence-corrected chi connectivity index (χ2v) is 8.58. The fourth-order valence-electron chi connectivity index (χ4n) is 3.24. The molecule has 1 aromatic heterocycles. The van der Waals surface area contributed by atoms with Crippen LogP contribution in [0.3, 0.4) is 0 Å². The molecule has 1 aromatic rings. The van der Waals surface area contributed by atoms with Crippen LogP contribution in [0.5, 0.6) is 0 Å². The molecule has 3 nitrogen and oxygen atoms in total. The molecule has 1 saturated heterocycles. The summed E-state index contributed by atoms with van der Waals surface area (Å²) in [6.45, 7) is 14.4. The number of nitrogens with zero attached hydrogens (tertiary/aromatic N) is 2. The maximum absolute atomic E-state index is 6.02. The smallest absolute Gasteiger partial charge is 0.0908 e. The minimum absolute atomic E-state index is 0.0986. The van der Waals surface area contributed by atoms with Crippen LogP contribution in [0.15, 0.2) is 6.07 Å². The molecule has 1 saturated carbocycles. The first-order chi connectivity index (χ1) is 9.13. The molecule has 112 valence electrons. The van der Waals surface area contributed by atoms with Gasteiger partial charge in [0.2, 0.25) is 0 Å². The molecule has 1 unspecified atom stereocenters. The van der Waals surface area contributed by atoms with Gasteiger partial charge in [0.1, 0.15) is 0 Å². The van der Waals surface area contributed by atoms with Crippen molar-refractivity contribution in [2.45, 2.75) is 83.3 Å². The van der Waals surface area contributed by atoms with Crippen LogP contribution >= 0.6 is 0 Å². The molecule has 3 rings (SSSR count). The van der Waals surface area contributed by atoms with Crippen LogP contribution in [0.4, 0.5) is 0 Å². The van der Waals surface area contributed by atoms with Crippen LogP contribution in [0.2, 0.25) is 0 Å². The molecule has 2 heterocycles. The molecule has 2 fully saturated rings. The van der Waals surface area contributed by atoms with Crippen LogP contribution in [0.25, 0.3) is 0 Å². The van der Waals surface area contributed by atoms with Gasteiger partial charge in [0.15, 0.2) is 0 Å². The quantitative estimate of drug-likeness (QED) is 0.776. The molecule has 1 spiro atoms. The molecule has 0 bridgehead atoms. The average molecular weight is 276 g/mol. The van der Waals surface area contributed by atoms with Gasteiger partial charge >= 0.3 is 0 Å². The van der Waals surface area contributed by atoms with Crippen molar-refractivity contribution < 1.29 is 4.74 Å². The van der Waals surface area contributed by atoms with Crippen LogP contribution in [0, 0.1) is 0 Å². The fraction of sp³-hybridized carbons (Fsp3) is 0.824. The van der Waals surface area contributed by atoms with E-state index in [0.29, 0.717) is 6.04 Å². The van der Waals surface area contributed by atoms with Crippen molar-refractivity contribution in [3.05, 3.63) is 17.5 Å². The van der Waals surface area contributed by atoms with Crippen molar-refractivity contribution in [1.82, 2.24) is 9.78 Å². The van der Waals surface area contributed by atoms with Crippen LogP contribution in [-0.4, -0.2) is 22.0 Å². The Morgan fingerprint density at radius 2 is 1.80 bits per heavy atom. The number of aromatic nitrogens is 2. The maximum atomic E-state index is 6.02. The highest BCUT2D eigenvalue weighted by Gasteiger charge is 2.56. The molecule has 0 amide bonds. The highest BCUT2D eigenvalue weighted by molar-refractivity contribution is 5.25. The highest BCUT2D eigenvalue weighted by Crippen LogP contribution is 2.54. The molecule has 0 radical (unpaired) electrons. The van der Waals surface area contributed by atoms with Gasteiger partial charge in [0.25, 0.3) is 0 Å². The zero-order valence-electron chi connectivity index (χ0n) is 13.8. The first kappa shape index (κ1) is 14.1. The van der Waals surface area contributed by atoms with Gasteiger partial charge in [-0.1, -0.05) is 41.5 Å². The summed E-state index contributed by atoms with van der Waals surface area (Å²) in [6, 6.07) is 2.75. The van der Waals surface area contributed by atoms with Crippen molar-refractivity contribution in [2.75, 3.05) is 6.61 Å². The van der Waals surface area contributed by atoms with E-state index >= 15 is 0 Å². The lowest BCUT2D eigenvalue weighted by atomic mass is 9.87. The fourth-order valence-corrected chi connectivity index (χ4v) is 3.24. The molecule has 20 heavy (non-hydrogen) atoms. The van der Waals surface area contributed by atoms with Gasteiger partial charge < -0.3 is 4.74 Å². The van der Waals surface area contributed by atoms with E-state index in [1.54, 1.807) is 0 Å². The zero-order chi connectivity index (χ0) is 14.8. The Bertz CT molecular complexity index is 512. The van der Waals surface area contributed by atoms with Crippen molar-refractivity contribution in [3.8, 4) is 0 Å². The van der Waals surface area contributed by atoms with Crippen molar-refractivity contribution in [3.63, 3.8) is 0 Å². The van der Waals surface area contributed by atoms with E-state index in [-0.39, 0.29) is 16.4 Å². The maximum Gasteiger partial charge on any atom is 0.0908 e. The Labute approximate surface area is 122 Å². The molecular weight excluding hydrogens is 248 g/mol. The predicted octanol–water partition coefficient (Wildman–Crippen LogP) is 3.97. The third-order valence-corrected chi connectivity index (χ3v) is 4.70. The lowest BCUT2D eigenvalue weighted by Crippen LogP contribution is -2.28. The lowest BCUT2D eigenvalue weighted by Gasteiger charge is -2.26. The van der Waals surface area contributed by atoms with Gasteiger partial charge in [-0.05, 0) is 25.3 Å². The third-order valence-electron chi connectivity index (χ3n) is 4.70. The van der Waals surface area contributed by atoms with Gasteiger partial charge in [-0.2, -0.15) is 5.10 Å². The first-order valence-corrected chi connectivity index (χ1v) is 7.88. The highest BCUT2D eigenvalue weighted by atomic mass is 16.5. The summed E-state index contributed by atoms with van der Waals surface area (Å²) < 4.78 is 8.33. The summed E-state index contributed by atoms with van der Waals surface area (Å²) >= 11 is 0. The second-order valence-electron chi connectivity index (χ2n) is 8.58. The van der Waals surface area contributed by atoms with E-state index in [2.05, 4.69) is 52.3 Å². The van der Waals surface area contributed by atoms with E-state index in [1.807, 2.05) is 0 Å². The molecule has 1 aliphatic carbocycles. The van der Waals surface area contributed by atoms with Gasteiger partial charge in [0, 0.05) is 23.1 Å². The second kappa shape index (κ2) is 4.09. The summed E-state index contributed by atoms with van der Waals surface area (Å²) in [5.41, 5.74) is 2.88. The Kier molecular flexibility index (Phi) is 2.89. The molecule has 3 heteroatoms. The predicted molar refractivity (Wildman–Crippen MR) is 81.2 cm³/mol. The molecule has 1 aliphatic heterocycles. The molecular formula is C17H28N2O. The third kappa shape index (κ3) is 2.20. The van der Waals surface area contributed by atoms with E-state index in [4.69, 9.17) is 9.84 Å². The topological polar surface area (TPSA) is 27.1 Å². The normalized spacial score (nSPS) is 25.4. The summed E-state index contributed by atoms with van der Waals surface area (Å²) in [5, 5.41) is 5.00. The summed E-state index contributed by atoms with van der Waals surface area (Å²) in [7, 11) is 0. The number of hydrogen-bond acceptors (Lipinski definition) is 2. The average Bonchev–Trinajstić information content (AvgIpc) is 2.72. The van der Waals surface area contributed by atoms with Crippen molar-refractivity contribution in [2.24, 2.45) is 0 Å². The minimum atomic E-state index is 0.0986. The molecule has 1 atom stereocenters. The molecule has 2 aliphatic rings. The Balaban J connectivity index is 2.07. The van der Waals surface area contributed by atoms with Gasteiger partial charge in [-0.15, -0.1) is 0 Å². The number of ether oxygens (including phenoxy) is 1. The van der Waals surface area contributed by atoms with Crippen LogP contribution < -0.4 is 0 Å². The molecule has 0 N–H and O–H groups in total. The first-order valence-electron chi connectivity index (χ1n) is 7.88. The number of hydrogen-bond donors (Lipinski definition) is 0. The van der Waals surface area contributed by atoms with Gasteiger partial charge in [-0.25, -0.2) is 0 Å². The Hall–Kier alpha value is -0.830. The molecule has 0 aromatic carbocycles. The minimum Gasteiger partial charge on any atom is -0.373 e. The lowest BCUT2D eigenvalue weighted by molar-refractivity contribution is 0.0666. The van der Waals surface area contributed by atoms with E-state index < -0.39 is 0 Å². The standard InChI is InChI=1S/C17H28N2O/c1-15(2,3)12-11-14(16(4,5)6)19(18-12)13-7-10-20-17(13)8-9-17/h11,13H,7-10H2,1-6H3. The van der Waals surface area contributed by atoms with E-state index in [9.17, 15) is 0 Å². The summed E-state index contributed by atoms with van der Waals surface area (Å²) in [6.07, 6.45) is 3.51. The van der Waals surface area contributed by atoms with Crippen molar-refractivity contribution in [1.29, 1.82) is 0 Å². The Morgan fingerprint density at radius 1 is 1.15 bits per heavy atom. The van der Waals surface area contributed by atoms with E-state index in [1.165, 1.54) is 24.2 Å². The Morgan fingerprint density at radius 3 is 2.30 bits per heavy atom. The zero-order valence-corrected chi connectivity index (χ0v) is 13.8. The van der Waals surface area contributed by atoms with Gasteiger partial charge in [-0.3, -0.25) is 4.68 Å². The monoisotopic (exact) mass is 276 g/mol. The van der Waals surface area contributed by atoms with Crippen LogP contribution in [-0.2, 0) is 15.6 Å². The van der Waals surface area contributed by atoms with Crippen LogP contribution in [0.1, 0.15) is 78.2 Å².